The zero-order valence-electron chi connectivity index (χ0n) is 16.9. The van der Waals surface area contributed by atoms with E-state index in [1.54, 1.807) is 43.5 Å². The first kappa shape index (κ1) is 22.3. The minimum Gasteiger partial charge on any atom is -0.507 e. The number of Topliss-reactive ketones (excluding diaryl/α,β-unsaturated/α-hetero) is 2. The summed E-state index contributed by atoms with van der Waals surface area (Å²) in [7, 11) is 3.08. The third kappa shape index (κ3) is 4.10. The van der Waals surface area contributed by atoms with Crippen molar-refractivity contribution in [2.75, 3.05) is 20.8 Å². The maximum atomic E-state index is 13.0. The number of allylic oxidation sites excluding steroid dienone is 1. The van der Waals surface area contributed by atoms with Gasteiger partial charge in [0.1, 0.15) is 11.5 Å². The second kappa shape index (κ2) is 9.21. The van der Waals surface area contributed by atoms with E-state index >= 15 is 0 Å². The summed E-state index contributed by atoms with van der Waals surface area (Å²) < 4.78 is 10.4. The van der Waals surface area contributed by atoms with E-state index in [0.717, 1.165) is 5.56 Å². The Kier molecular flexibility index (Phi) is 6.86. The number of ether oxygens (including phenoxy) is 2. The molecule has 7 heteroatoms. The maximum Gasteiger partial charge on any atom is 0.229 e. The van der Waals surface area contributed by atoms with E-state index in [4.69, 9.17) is 32.7 Å². The smallest absolute Gasteiger partial charge is 0.229 e. The van der Waals surface area contributed by atoms with Crippen molar-refractivity contribution < 1.29 is 24.2 Å². The van der Waals surface area contributed by atoms with E-state index in [2.05, 4.69) is 0 Å². The summed E-state index contributed by atoms with van der Waals surface area (Å²) in [5, 5.41) is 11.8. The quantitative estimate of drug-likeness (QED) is 0.374. The summed E-state index contributed by atoms with van der Waals surface area (Å²) in [5.74, 6) is -2.25. The van der Waals surface area contributed by atoms with Crippen molar-refractivity contribution in [3.8, 4) is 5.75 Å². The molecule has 1 fully saturated rings. The first-order valence-corrected chi connectivity index (χ1v) is 10.2. The number of hydrogen-bond donors (Lipinski definition) is 1. The van der Waals surface area contributed by atoms with E-state index < -0.39 is 23.4 Å². The van der Waals surface area contributed by atoms with Gasteiger partial charge in [0.2, 0.25) is 11.6 Å². The van der Waals surface area contributed by atoms with Crippen molar-refractivity contribution in [1.29, 1.82) is 0 Å². The fraction of sp³-hybridized carbons (Fsp3) is 0.304. The molecule has 1 saturated carbocycles. The van der Waals surface area contributed by atoms with Crippen LogP contribution in [0, 0.1) is 12.8 Å². The van der Waals surface area contributed by atoms with Crippen molar-refractivity contribution in [3.63, 3.8) is 0 Å². The number of carbonyl (C=O) groups excluding carboxylic acids is 2. The predicted molar refractivity (Wildman–Crippen MR) is 116 cm³/mol. The summed E-state index contributed by atoms with van der Waals surface area (Å²) in [4.78, 5) is 25.8. The van der Waals surface area contributed by atoms with Gasteiger partial charge in [-0.25, -0.2) is 0 Å². The molecule has 0 saturated heterocycles. The SMILES string of the molecule is COCCC1C(=O)C(=O)/C(=C(\O)c2ccc(OC)c(C)c2)C1c1ccc(Cl)cc1Cl. The molecule has 2 atom stereocenters. The van der Waals surface area contributed by atoms with Crippen LogP contribution in [0.25, 0.3) is 5.76 Å². The highest BCUT2D eigenvalue weighted by Gasteiger charge is 2.48. The van der Waals surface area contributed by atoms with Gasteiger partial charge in [-0.15, -0.1) is 0 Å². The lowest BCUT2D eigenvalue weighted by molar-refractivity contribution is -0.134. The van der Waals surface area contributed by atoms with Crippen molar-refractivity contribution in [3.05, 3.63) is 68.7 Å². The van der Waals surface area contributed by atoms with E-state index in [0.29, 0.717) is 39.9 Å². The number of aryl methyl sites for hydroxylation is 1. The van der Waals surface area contributed by atoms with Gasteiger partial charge >= 0.3 is 0 Å². The molecule has 1 N–H and O–H groups in total. The predicted octanol–water partition coefficient (Wildman–Crippen LogP) is 5.17. The molecule has 2 unspecified atom stereocenters. The zero-order valence-corrected chi connectivity index (χ0v) is 18.4. The molecule has 1 aliphatic carbocycles. The third-order valence-electron chi connectivity index (χ3n) is 5.37. The van der Waals surface area contributed by atoms with Crippen molar-refractivity contribution in [2.24, 2.45) is 5.92 Å². The second-order valence-corrected chi connectivity index (χ2v) is 8.02. The lowest BCUT2D eigenvalue weighted by Gasteiger charge is -2.21. The van der Waals surface area contributed by atoms with Crippen LogP contribution < -0.4 is 4.74 Å². The van der Waals surface area contributed by atoms with Gasteiger partial charge in [0, 0.05) is 41.2 Å². The van der Waals surface area contributed by atoms with Crippen LogP contribution in [0.1, 0.15) is 29.0 Å². The number of aliphatic hydroxyl groups is 1. The highest BCUT2D eigenvalue weighted by molar-refractivity contribution is 6.49. The number of halogens is 2. The van der Waals surface area contributed by atoms with Crippen LogP contribution in [0.3, 0.4) is 0 Å². The molecule has 2 aromatic carbocycles. The van der Waals surface area contributed by atoms with Crippen LogP contribution in [-0.4, -0.2) is 37.5 Å². The topological polar surface area (TPSA) is 72.8 Å². The van der Waals surface area contributed by atoms with Crippen LogP contribution in [0.15, 0.2) is 42.0 Å². The molecule has 1 aliphatic rings. The molecule has 30 heavy (non-hydrogen) atoms. The Hall–Kier alpha value is -2.34. The molecule has 0 spiro atoms. The van der Waals surface area contributed by atoms with Crippen molar-refractivity contribution in [1.82, 2.24) is 0 Å². The van der Waals surface area contributed by atoms with Crippen LogP contribution in [0.2, 0.25) is 10.0 Å². The largest absolute Gasteiger partial charge is 0.507 e. The summed E-state index contributed by atoms with van der Waals surface area (Å²) in [6.45, 7) is 2.12. The zero-order chi connectivity index (χ0) is 22.0. The van der Waals surface area contributed by atoms with Gasteiger partial charge < -0.3 is 14.6 Å². The second-order valence-electron chi connectivity index (χ2n) is 7.17. The van der Waals surface area contributed by atoms with Gasteiger partial charge in [-0.05, 0) is 54.8 Å². The summed E-state index contributed by atoms with van der Waals surface area (Å²) in [5.41, 5.74) is 1.81. The van der Waals surface area contributed by atoms with Gasteiger partial charge in [-0.1, -0.05) is 29.3 Å². The average molecular weight is 449 g/mol. The summed E-state index contributed by atoms with van der Waals surface area (Å²) in [6, 6.07) is 9.96. The molecule has 5 nitrogen and oxygen atoms in total. The Labute approximate surface area is 185 Å². The molecule has 3 rings (SSSR count). The number of carbonyl (C=O) groups is 2. The van der Waals surface area contributed by atoms with Gasteiger partial charge in [-0.2, -0.15) is 0 Å². The van der Waals surface area contributed by atoms with Crippen LogP contribution in [0.5, 0.6) is 5.75 Å². The molecular formula is C23H22Cl2O5. The monoisotopic (exact) mass is 448 g/mol. The first-order valence-electron chi connectivity index (χ1n) is 9.40. The number of hydrogen-bond acceptors (Lipinski definition) is 5. The molecular weight excluding hydrogens is 427 g/mol. The van der Waals surface area contributed by atoms with E-state index in [-0.39, 0.29) is 11.3 Å². The molecule has 0 aromatic heterocycles. The molecule has 0 bridgehead atoms. The van der Waals surface area contributed by atoms with Crippen molar-refractivity contribution in [2.45, 2.75) is 19.3 Å². The minimum atomic E-state index is -0.710. The number of rotatable bonds is 6. The summed E-state index contributed by atoms with van der Waals surface area (Å²) >= 11 is 12.5. The van der Waals surface area contributed by atoms with Gasteiger partial charge in [-0.3, -0.25) is 9.59 Å². The Morgan fingerprint density at radius 3 is 2.43 bits per heavy atom. The minimum absolute atomic E-state index is 0.0369. The molecule has 0 aliphatic heterocycles. The molecule has 0 heterocycles. The molecule has 2 aromatic rings. The van der Waals surface area contributed by atoms with Crippen LogP contribution in [0.4, 0.5) is 0 Å². The number of aliphatic hydroxyl groups excluding tert-OH is 1. The van der Waals surface area contributed by atoms with Gasteiger partial charge in [0.15, 0.2) is 0 Å². The fourth-order valence-corrected chi connectivity index (χ4v) is 4.43. The van der Waals surface area contributed by atoms with E-state index in [1.807, 2.05) is 6.92 Å². The van der Waals surface area contributed by atoms with Gasteiger partial charge in [0.25, 0.3) is 0 Å². The van der Waals surface area contributed by atoms with Crippen LogP contribution >= 0.6 is 23.2 Å². The number of methoxy groups -OCH3 is 2. The lowest BCUT2D eigenvalue weighted by Crippen LogP contribution is -2.18. The third-order valence-corrected chi connectivity index (χ3v) is 5.93. The highest BCUT2D eigenvalue weighted by Crippen LogP contribution is 2.46. The lowest BCUT2D eigenvalue weighted by atomic mass is 9.83. The Morgan fingerprint density at radius 1 is 1.10 bits per heavy atom. The van der Waals surface area contributed by atoms with E-state index in [1.165, 1.54) is 7.11 Å². The molecule has 158 valence electrons. The normalized spacial score (nSPS) is 20.6. The Bertz CT molecular complexity index is 1030. The maximum absolute atomic E-state index is 13.0. The standard InChI is InChI=1S/C23H22Cl2O5/c1-12-10-13(4-7-18(12)30-3)21(26)20-19(15-6-5-14(24)11-17(15)25)16(8-9-29-2)22(27)23(20)28/h4-7,10-11,16,19,26H,8-9H2,1-3H3/b21-20-. The van der Waals surface area contributed by atoms with Gasteiger partial charge in [0.05, 0.1) is 12.7 Å². The number of benzene rings is 2. The van der Waals surface area contributed by atoms with E-state index in [9.17, 15) is 14.7 Å². The van der Waals surface area contributed by atoms with Crippen molar-refractivity contribution >= 4 is 40.5 Å². The number of ketones is 2. The fourth-order valence-electron chi connectivity index (χ4n) is 3.90. The molecule has 0 amide bonds. The Morgan fingerprint density at radius 2 is 1.83 bits per heavy atom. The molecule has 0 radical (unpaired) electrons. The summed E-state index contributed by atoms with van der Waals surface area (Å²) in [6.07, 6.45) is 0.323. The van der Waals surface area contributed by atoms with Crippen LogP contribution in [-0.2, 0) is 14.3 Å². The average Bonchev–Trinajstić information content (AvgIpc) is 2.96. The highest BCUT2D eigenvalue weighted by atomic mass is 35.5. The first-order chi connectivity index (χ1) is 14.3. The Balaban J connectivity index is 2.20.